The molecule has 2 aliphatic rings. The average molecular weight is 516 g/mol. The molecule has 184 valence electrons. The lowest BCUT2D eigenvalue weighted by Crippen LogP contribution is -2.49. The summed E-state index contributed by atoms with van der Waals surface area (Å²) < 4.78 is 32.8. The van der Waals surface area contributed by atoms with E-state index in [1.807, 2.05) is 6.92 Å². The Kier molecular flexibility index (Phi) is 6.62. The lowest BCUT2D eigenvalue weighted by molar-refractivity contribution is 0.0629. The number of nitrogens with zero attached hydrogens (tertiary/aromatic N) is 5. The SMILES string of the molecule is CCOc1cncc(-c2cnc(C(=O)N3CCNCC3c3cc(NS(=O)(=O)C4CC4)ccn3)s2)n1. The number of ether oxygens (including phenoxy) is 1. The predicted octanol–water partition coefficient (Wildman–Crippen LogP) is 2.08. The van der Waals surface area contributed by atoms with Gasteiger partial charge in [0.1, 0.15) is 5.69 Å². The smallest absolute Gasteiger partial charge is 0.283 e. The van der Waals surface area contributed by atoms with E-state index in [1.165, 1.54) is 17.5 Å². The van der Waals surface area contributed by atoms with Crippen LogP contribution >= 0.6 is 11.3 Å². The highest BCUT2D eigenvalue weighted by atomic mass is 32.2. The normalized spacial score (nSPS) is 18.3. The third-order valence-electron chi connectivity index (χ3n) is 5.70. The fourth-order valence-corrected chi connectivity index (χ4v) is 6.04. The molecule has 13 heteroatoms. The molecule has 1 saturated heterocycles. The number of amides is 1. The van der Waals surface area contributed by atoms with Crippen molar-refractivity contribution in [3.8, 4) is 16.5 Å². The highest BCUT2D eigenvalue weighted by Gasteiger charge is 2.36. The summed E-state index contributed by atoms with van der Waals surface area (Å²) in [7, 11) is -3.39. The lowest BCUT2D eigenvalue weighted by Gasteiger charge is -2.35. The summed E-state index contributed by atoms with van der Waals surface area (Å²) in [6.45, 7) is 3.95. The molecule has 0 spiro atoms. The van der Waals surface area contributed by atoms with Gasteiger partial charge in [-0.25, -0.2) is 18.4 Å². The second kappa shape index (κ2) is 9.84. The van der Waals surface area contributed by atoms with E-state index in [4.69, 9.17) is 4.74 Å². The number of thiazole rings is 1. The Morgan fingerprint density at radius 3 is 2.94 bits per heavy atom. The van der Waals surface area contributed by atoms with Gasteiger partial charge in [-0.1, -0.05) is 0 Å². The summed E-state index contributed by atoms with van der Waals surface area (Å²) in [5, 5.41) is 3.30. The summed E-state index contributed by atoms with van der Waals surface area (Å²) in [5.74, 6) is 0.198. The molecule has 1 unspecified atom stereocenters. The maximum atomic E-state index is 13.5. The van der Waals surface area contributed by atoms with Crippen LogP contribution in [0.25, 0.3) is 10.6 Å². The first-order chi connectivity index (χ1) is 16.9. The zero-order valence-corrected chi connectivity index (χ0v) is 20.7. The van der Waals surface area contributed by atoms with Crippen molar-refractivity contribution >= 4 is 33.0 Å². The number of sulfonamides is 1. The highest BCUT2D eigenvalue weighted by molar-refractivity contribution is 7.93. The third-order valence-corrected chi connectivity index (χ3v) is 8.57. The quantitative estimate of drug-likeness (QED) is 0.461. The number of nitrogens with one attached hydrogen (secondary N) is 2. The number of carbonyl (C=O) groups excluding carboxylic acids is 1. The molecule has 1 atom stereocenters. The van der Waals surface area contributed by atoms with E-state index in [0.717, 1.165) is 0 Å². The van der Waals surface area contributed by atoms with Crippen molar-refractivity contribution in [1.29, 1.82) is 0 Å². The van der Waals surface area contributed by atoms with Crippen molar-refractivity contribution in [3.05, 3.63) is 47.6 Å². The Hall–Kier alpha value is -3.16. The molecule has 1 aliphatic heterocycles. The molecule has 4 heterocycles. The van der Waals surface area contributed by atoms with Crippen LogP contribution in [-0.4, -0.2) is 70.7 Å². The maximum Gasteiger partial charge on any atom is 0.283 e. The van der Waals surface area contributed by atoms with E-state index >= 15 is 0 Å². The minimum Gasteiger partial charge on any atom is -0.477 e. The van der Waals surface area contributed by atoms with Crippen LogP contribution in [0.4, 0.5) is 5.69 Å². The van der Waals surface area contributed by atoms with Crippen LogP contribution in [0.15, 0.2) is 36.9 Å². The van der Waals surface area contributed by atoms with Gasteiger partial charge in [-0.2, -0.15) is 0 Å². The Morgan fingerprint density at radius 2 is 2.14 bits per heavy atom. The van der Waals surface area contributed by atoms with Gasteiger partial charge in [0, 0.05) is 32.0 Å². The molecular weight excluding hydrogens is 490 g/mol. The number of rotatable bonds is 8. The number of aromatic nitrogens is 4. The van der Waals surface area contributed by atoms with Gasteiger partial charge in [0.25, 0.3) is 5.91 Å². The fraction of sp³-hybridized carbons (Fsp3) is 0.409. The highest BCUT2D eigenvalue weighted by Crippen LogP contribution is 2.32. The van der Waals surface area contributed by atoms with E-state index in [1.54, 1.807) is 35.6 Å². The second-order valence-electron chi connectivity index (χ2n) is 8.24. The molecule has 2 N–H and O–H groups in total. The third kappa shape index (κ3) is 5.26. The molecule has 3 aromatic rings. The minimum absolute atomic E-state index is 0.215. The fourth-order valence-electron chi connectivity index (χ4n) is 3.83. The standard InChI is InChI=1S/C22H25N7O4S2/c1-2-33-20-13-24-10-17(27-20)19-12-26-21(34-19)22(30)29-8-7-23-11-18(29)16-9-14(5-6-25-16)28-35(31,32)15-3-4-15/h5-6,9-10,12-13,15,18,23H,2-4,7-8,11H2,1H3,(H,25,28). The number of piperazine rings is 1. The van der Waals surface area contributed by atoms with Gasteiger partial charge in [-0.3, -0.25) is 19.5 Å². The molecule has 11 nitrogen and oxygen atoms in total. The second-order valence-corrected chi connectivity index (χ2v) is 11.2. The first-order valence-electron chi connectivity index (χ1n) is 11.3. The predicted molar refractivity (Wildman–Crippen MR) is 131 cm³/mol. The Labute approximate surface area is 207 Å². The van der Waals surface area contributed by atoms with Crippen LogP contribution in [-0.2, 0) is 10.0 Å². The molecule has 0 aromatic carbocycles. The Bertz CT molecular complexity index is 1330. The Morgan fingerprint density at radius 1 is 1.29 bits per heavy atom. The van der Waals surface area contributed by atoms with Crippen molar-refractivity contribution in [2.45, 2.75) is 31.1 Å². The van der Waals surface area contributed by atoms with Gasteiger partial charge < -0.3 is 15.0 Å². The van der Waals surface area contributed by atoms with E-state index in [2.05, 4.69) is 30.0 Å². The average Bonchev–Trinajstić information content (AvgIpc) is 3.62. The minimum atomic E-state index is -3.39. The molecule has 1 amide bonds. The maximum absolute atomic E-state index is 13.5. The van der Waals surface area contributed by atoms with Gasteiger partial charge in [-0.15, -0.1) is 11.3 Å². The topological polar surface area (TPSA) is 139 Å². The summed E-state index contributed by atoms with van der Waals surface area (Å²) in [5.41, 5.74) is 1.64. The molecule has 5 rings (SSSR count). The summed E-state index contributed by atoms with van der Waals surface area (Å²) in [6, 6.07) is 2.95. The van der Waals surface area contributed by atoms with Gasteiger partial charge in [-0.05, 0) is 31.9 Å². The van der Waals surface area contributed by atoms with Gasteiger partial charge in [0.05, 0.1) is 46.6 Å². The first kappa shape index (κ1) is 23.6. The molecule has 0 bridgehead atoms. The zero-order chi connectivity index (χ0) is 24.4. The summed E-state index contributed by atoms with van der Waals surface area (Å²) in [4.78, 5) is 33.3. The van der Waals surface area contributed by atoms with Crippen LogP contribution in [0.5, 0.6) is 5.88 Å². The Balaban J connectivity index is 1.36. The van der Waals surface area contributed by atoms with Crippen LogP contribution < -0.4 is 14.8 Å². The molecule has 2 fully saturated rings. The monoisotopic (exact) mass is 515 g/mol. The van der Waals surface area contributed by atoms with Crippen molar-refractivity contribution in [2.75, 3.05) is 31.0 Å². The zero-order valence-electron chi connectivity index (χ0n) is 19.0. The van der Waals surface area contributed by atoms with Gasteiger partial charge in [0.15, 0.2) is 5.01 Å². The number of carbonyl (C=O) groups is 1. The number of hydrogen-bond acceptors (Lipinski definition) is 10. The number of pyridine rings is 1. The van der Waals surface area contributed by atoms with Crippen molar-refractivity contribution in [1.82, 2.24) is 30.2 Å². The summed E-state index contributed by atoms with van der Waals surface area (Å²) in [6.07, 6.45) is 7.68. The molecule has 1 aliphatic carbocycles. The molecule has 35 heavy (non-hydrogen) atoms. The number of hydrogen-bond donors (Lipinski definition) is 2. The van der Waals surface area contributed by atoms with Crippen LogP contribution in [0.2, 0.25) is 0 Å². The largest absolute Gasteiger partial charge is 0.477 e. The summed E-state index contributed by atoms with van der Waals surface area (Å²) >= 11 is 1.24. The van der Waals surface area contributed by atoms with Crippen molar-refractivity contribution < 1.29 is 17.9 Å². The molecule has 1 saturated carbocycles. The van der Waals surface area contributed by atoms with Gasteiger partial charge >= 0.3 is 0 Å². The van der Waals surface area contributed by atoms with Crippen molar-refractivity contribution in [2.24, 2.45) is 0 Å². The lowest BCUT2D eigenvalue weighted by atomic mass is 10.1. The van der Waals surface area contributed by atoms with Crippen LogP contribution in [0.3, 0.4) is 0 Å². The van der Waals surface area contributed by atoms with E-state index in [9.17, 15) is 13.2 Å². The van der Waals surface area contributed by atoms with E-state index in [-0.39, 0.29) is 17.2 Å². The number of anilines is 1. The van der Waals surface area contributed by atoms with Crippen molar-refractivity contribution in [3.63, 3.8) is 0 Å². The van der Waals surface area contributed by atoms with Crippen LogP contribution in [0.1, 0.15) is 41.3 Å². The molecular formula is C22H25N7O4S2. The van der Waals surface area contributed by atoms with E-state index < -0.39 is 10.0 Å². The first-order valence-corrected chi connectivity index (χ1v) is 13.7. The van der Waals surface area contributed by atoms with E-state index in [0.29, 0.717) is 71.9 Å². The molecule has 3 aromatic heterocycles. The van der Waals surface area contributed by atoms with Crippen LogP contribution in [0, 0.1) is 0 Å². The van der Waals surface area contributed by atoms with Gasteiger partial charge in [0.2, 0.25) is 15.9 Å². The molecule has 0 radical (unpaired) electrons.